The predicted octanol–water partition coefficient (Wildman–Crippen LogP) is 3.38. The molecule has 1 saturated carbocycles. The van der Waals surface area contributed by atoms with E-state index in [9.17, 15) is 4.79 Å². The van der Waals surface area contributed by atoms with Crippen molar-refractivity contribution in [1.29, 1.82) is 0 Å². The number of hydrogen-bond donors (Lipinski definition) is 0. The number of aryl methyl sites for hydroxylation is 1. The second-order valence-corrected chi connectivity index (χ2v) is 5.50. The molecule has 0 amide bonds. The number of carbonyl (C=O) groups excluding carboxylic acids is 1. The molecule has 0 N–H and O–H groups in total. The van der Waals surface area contributed by atoms with Crippen molar-refractivity contribution in [2.45, 2.75) is 24.7 Å². The highest BCUT2D eigenvalue weighted by Crippen LogP contribution is 2.46. The van der Waals surface area contributed by atoms with E-state index in [2.05, 4.69) is 5.10 Å². The number of nitrogens with zero attached hydrogens (tertiary/aromatic N) is 2. The van der Waals surface area contributed by atoms with E-state index in [-0.39, 0.29) is 5.78 Å². The first-order valence-corrected chi connectivity index (χ1v) is 6.81. The van der Waals surface area contributed by atoms with Gasteiger partial charge in [0.15, 0.2) is 5.78 Å². The Kier molecular flexibility index (Phi) is 2.94. The minimum Gasteiger partial charge on any atom is -0.291 e. The summed E-state index contributed by atoms with van der Waals surface area (Å²) in [6.07, 6.45) is 4.39. The van der Waals surface area contributed by atoms with Gasteiger partial charge in [-0.05, 0) is 18.4 Å². The van der Waals surface area contributed by atoms with Crippen molar-refractivity contribution < 1.29 is 4.79 Å². The van der Waals surface area contributed by atoms with Crippen LogP contribution in [0.25, 0.3) is 0 Å². The average molecular weight is 275 g/mol. The van der Waals surface area contributed by atoms with Crippen molar-refractivity contribution in [1.82, 2.24) is 9.78 Å². The number of hydrogen-bond acceptors (Lipinski definition) is 2. The minimum atomic E-state index is -0.404. The standard InChI is InChI=1S/C15H15ClN2O/c1-18-13(12(16)10-17-18)14(19)15(8-5-9-15)11-6-3-2-4-7-11/h2-4,6-7,10H,5,8-9H2,1H3. The zero-order valence-electron chi connectivity index (χ0n) is 10.8. The highest BCUT2D eigenvalue weighted by Gasteiger charge is 2.47. The summed E-state index contributed by atoms with van der Waals surface area (Å²) in [6.45, 7) is 0. The van der Waals surface area contributed by atoms with Gasteiger partial charge >= 0.3 is 0 Å². The highest BCUT2D eigenvalue weighted by atomic mass is 35.5. The zero-order chi connectivity index (χ0) is 13.5. The molecule has 1 aromatic carbocycles. The Hall–Kier alpha value is -1.61. The highest BCUT2D eigenvalue weighted by molar-refractivity contribution is 6.34. The Balaban J connectivity index is 2.07. The van der Waals surface area contributed by atoms with Gasteiger partial charge in [-0.2, -0.15) is 5.10 Å². The summed E-state index contributed by atoms with van der Waals surface area (Å²) >= 11 is 6.11. The van der Waals surface area contributed by atoms with Gasteiger partial charge in [0, 0.05) is 7.05 Å². The van der Waals surface area contributed by atoms with Crippen LogP contribution in [-0.2, 0) is 12.5 Å². The molecule has 3 rings (SSSR count). The molecule has 1 aliphatic carbocycles. The third kappa shape index (κ3) is 1.80. The fraction of sp³-hybridized carbons (Fsp3) is 0.333. The lowest BCUT2D eigenvalue weighted by atomic mass is 9.61. The van der Waals surface area contributed by atoms with Crippen molar-refractivity contribution >= 4 is 17.4 Å². The summed E-state index contributed by atoms with van der Waals surface area (Å²) in [4.78, 5) is 12.9. The third-order valence-corrected chi connectivity index (χ3v) is 4.35. The molecular weight excluding hydrogens is 260 g/mol. The van der Waals surface area contributed by atoms with E-state index < -0.39 is 5.41 Å². The van der Waals surface area contributed by atoms with E-state index >= 15 is 0 Å². The van der Waals surface area contributed by atoms with Crippen LogP contribution < -0.4 is 0 Å². The Morgan fingerprint density at radius 3 is 2.47 bits per heavy atom. The van der Waals surface area contributed by atoms with E-state index in [1.54, 1.807) is 11.7 Å². The maximum absolute atomic E-state index is 12.9. The summed E-state index contributed by atoms with van der Waals surface area (Å²) < 4.78 is 1.58. The number of benzene rings is 1. The van der Waals surface area contributed by atoms with Crippen LogP contribution in [0.2, 0.25) is 5.02 Å². The van der Waals surface area contributed by atoms with Crippen molar-refractivity contribution in [3.8, 4) is 0 Å². The molecule has 0 unspecified atom stereocenters. The summed E-state index contributed by atoms with van der Waals surface area (Å²) in [5, 5.41) is 4.51. The third-order valence-electron chi connectivity index (χ3n) is 4.08. The predicted molar refractivity (Wildman–Crippen MR) is 74.5 cm³/mol. The number of halogens is 1. The van der Waals surface area contributed by atoms with Gasteiger partial charge in [0.25, 0.3) is 0 Å². The summed E-state index contributed by atoms with van der Waals surface area (Å²) in [6, 6.07) is 9.99. The Bertz CT molecular complexity index is 595. The molecule has 0 atom stereocenters. The van der Waals surface area contributed by atoms with Gasteiger partial charge in [-0.25, -0.2) is 0 Å². The number of ketones is 1. The molecule has 1 aromatic heterocycles. The van der Waals surface area contributed by atoms with Gasteiger partial charge in [-0.15, -0.1) is 0 Å². The Morgan fingerprint density at radius 2 is 2.00 bits per heavy atom. The molecule has 0 radical (unpaired) electrons. The van der Waals surface area contributed by atoms with Crippen molar-refractivity contribution in [2.75, 3.05) is 0 Å². The van der Waals surface area contributed by atoms with Gasteiger partial charge < -0.3 is 0 Å². The molecular formula is C15H15ClN2O. The van der Waals surface area contributed by atoms with Crippen LogP contribution in [0.3, 0.4) is 0 Å². The van der Waals surface area contributed by atoms with E-state index in [1.165, 1.54) is 6.20 Å². The summed E-state index contributed by atoms with van der Waals surface area (Å²) in [5.41, 5.74) is 1.20. The van der Waals surface area contributed by atoms with E-state index in [4.69, 9.17) is 11.6 Å². The number of aromatic nitrogens is 2. The maximum atomic E-state index is 12.9. The SMILES string of the molecule is Cn1ncc(Cl)c1C(=O)C1(c2ccccc2)CCC1. The molecule has 1 fully saturated rings. The lowest BCUT2D eigenvalue weighted by molar-refractivity contribution is 0.0778. The molecule has 0 saturated heterocycles. The second-order valence-electron chi connectivity index (χ2n) is 5.10. The van der Waals surface area contributed by atoms with Crippen LogP contribution in [0.4, 0.5) is 0 Å². The first-order valence-electron chi connectivity index (χ1n) is 6.43. The van der Waals surface area contributed by atoms with Crippen molar-refractivity contribution in [2.24, 2.45) is 7.05 Å². The molecule has 1 aliphatic rings. The number of rotatable bonds is 3. The molecule has 3 nitrogen and oxygen atoms in total. The van der Waals surface area contributed by atoms with Gasteiger partial charge in [0.05, 0.1) is 16.6 Å². The average Bonchev–Trinajstić information content (AvgIpc) is 2.69. The lowest BCUT2D eigenvalue weighted by Crippen LogP contribution is -2.43. The lowest BCUT2D eigenvalue weighted by Gasteiger charge is -2.40. The normalized spacial score (nSPS) is 16.9. The van der Waals surface area contributed by atoms with E-state index in [1.807, 2.05) is 30.3 Å². The van der Waals surface area contributed by atoms with Gasteiger partial charge in [-0.3, -0.25) is 9.48 Å². The minimum absolute atomic E-state index is 0.0925. The molecule has 19 heavy (non-hydrogen) atoms. The van der Waals surface area contributed by atoms with E-state index in [0.717, 1.165) is 24.8 Å². The number of carbonyl (C=O) groups is 1. The monoisotopic (exact) mass is 274 g/mol. The zero-order valence-corrected chi connectivity index (χ0v) is 11.5. The van der Waals surface area contributed by atoms with Crippen molar-refractivity contribution in [3.63, 3.8) is 0 Å². The maximum Gasteiger partial charge on any atom is 0.192 e. The molecule has 0 spiro atoms. The van der Waals surface area contributed by atoms with Crippen LogP contribution >= 0.6 is 11.6 Å². The fourth-order valence-corrected chi connectivity index (χ4v) is 3.08. The van der Waals surface area contributed by atoms with Gasteiger partial charge in [0.1, 0.15) is 5.69 Å². The second kappa shape index (κ2) is 4.49. The first kappa shape index (κ1) is 12.4. The molecule has 0 bridgehead atoms. The molecule has 98 valence electrons. The van der Waals surface area contributed by atoms with Crippen LogP contribution in [-0.4, -0.2) is 15.6 Å². The largest absolute Gasteiger partial charge is 0.291 e. The molecule has 1 heterocycles. The van der Waals surface area contributed by atoms with Gasteiger partial charge in [0.2, 0.25) is 0 Å². The Morgan fingerprint density at radius 1 is 1.32 bits per heavy atom. The summed E-state index contributed by atoms with van der Waals surface area (Å²) in [7, 11) is 1.76. The fourth-order valence-electron chi connectivity index (χ4n) is 2.83. The Labute approximate surface area is 117 Å². The van der Waals surface area contributed by atoms with Crippen LogP contribution in [0.15, 0.2) is 36.5 Å². The first-order chi connectivity index (χ1) is 9.15. The molecule has 2 aromatic rings. The van der Waals surface area contributed by atoms with Crippen molar-refractivity contribution in [3.05, 3.63) is 52.8 Å². The number of Topliss-reactive ketones (excluding diaryl/α,β-unsaturated/α-hetero) is 1. The van der Waals surface area contributed by atoms with Gasteiger partial charge in [-0.1, -0.05) is 48.4 Å². The molecule has 4 heteroatoms. The van der Waals surface area contributed by atoms with E-state index in [0.29, 0.717) is 10.7 Å². The van der Waals surface area contributed by atoms with Crippen LogP contribution in [0.5, 0.6) is 0 Å². The summed E-state index contributed by atoms with van der Waals surface area (Å²) in [5.74, 6) is 0.0925. The van der Waals surface area contributed by atoms with Crippen LogP contribution in [0, 0.1) is 0 Å². The van der Waals surface area contributed by atoms with Crippen LogP contribution in [0.1, 0.15) is 35.3 Å². The molecule has 0 aliphatic heterocycles. The smallest absolute Gasteiger partial charge is 0.192 e. The topological polar surface area (TPSA) is 34.9 Å². The quantitative estimate of drug-likeness (QED) is 0.804.